The number of carbonyl (C=O) groups is 3. The Morgan fingerprint density at radius 3 is 0.965 bits per heavy atom. The van der Waals surface area contributed by atoms with Gasteiger partial charge in [0.15, 0.2) is 6.10 Å². The first kappa shape index (κ1) is 79.9. The first-order chi connectivity index (χ1) is 41.6. The summed E-state index contributed by atoms with van der Waals surface area (Å²) in [7, 11) is 5.95. The molecule has 0 spiro atoms. The van der Waals surface area contributed by atoms with Gasteiger partial charge in [0.25, 0.3) is 6.29 Å². The van der Waals surface area contributed by atoms with Crippen molar-refractivity contribution in [1.82, 2.24) is 0 Å². The van der Waals surface area contributed by atoms with Crippen LogP contribution in [0.3, 0.4) is 0 Å². The van der Waals surface area contributed by atoms with Crippen molar-refractivity contribution in [3.05, 3.63) is 158 Å². The van der Waals surface area contributed by atoms with E-state index in [9.17, 15) is 19.5 Å². The number of esters is 2. The van der Waals surface area contributed by atoms with Crippen LogP contribution in [0.15, 0.2) is 158 Å². The highest BCUT2D eigenvalue weighted by molar-refractivity contribution is 5.71. The van der Waals surface area contributed by atoms with Crippen LogP contribution in [-0.2, 0) is 33.3 Å². The summed E-state index contributed by atoms with van der Waals surface area (Å²) in [5.74, 6) is -2.08. The third kappa shape index (κ3) is 66.3. The van der Waals surface area contributed by atoms with Crippen molar-refractivity contribution in [3.8, 4) is 0 Å². The summed E-state index contributed by atoms with van der Waals surface area (Å²) in [5, 5.41) is 9.74. The van der Waals surface area contributed by atoms with Crippen LogP contribution in [0.25, 0.3) is 0 Å². The molecule has 0 saturated heterocycles. The van der Waals surface area contributed by atoms with Crippen molar-refractivity contribution < 1.29 is 42.9 Å². The lowest BCUT2D eigenvalue weighted by molar-refractivity contribution is -0.870. The SMILES string of the molecule is CC/C=C\C/C=C\C/C=C\C/C=C\C/C=C\C/C=C\C/C=C\C/C=C\CCCCC(=O)OC(COC(=O)CCCCCCCCCCCCCCCCCCC/C=C\C/C=C\C/C=C\C/C=C\C/C=C\CC)COC(OCC[N+](C)(C)C)C(=O)O. The second-order valence-corrected chi connectivity index (χ2v) is 23.0. The van der Waals surface area contributed by atoms with Crippen LogP contribution >= 0.6 is 0 Å². The first-order valence-electron chi connectivity index (χ1n) is 33.6. The van der Waals surface area contributed by atoms with Crippen LogP contribution in [-0.4, -0.2) is 87.4 Å². The molecule has 0 aromatic rings. The Bertz CT molecular complexity index is 1950. The summed E-state index contributed by atoms with van der Waals surface area (Å²) in [6.45, 7) is 4.59. The molecule has 0 rings (SSSR count). The number of aliphatic carboxylic acids is 1. The van der Waals surface area contributed by atoms with E-state index in [0.717, 1.165) is 116 Å². The predicted molar refractivity (Wildman–Crippen MR) is 363 cm³/mol. The minimum Gasteiger partial charge on any atom is -0.477 e. The molecule has 2 atom stereocenters. The van der Waals surface area contributed by atoms with Gasteiger partial charge in [-0.25, -0.2) is 4.79 Å². The number of allylic oxidation sites excluding steroid dienone is 26. The van der Waals surface area contributed by atoms with E-state index in [1.807, 2.05) is 21.1 Å². The van der Waals surface area contributed by atoms with E-state index in [4.69, 9.17) is 18.9 Å². The maximum Gasteiger partial charge on any atom is 0.361 e. The van der Waals surface area contributed by atoms with Crippen molar-refractivity contribution in [2.45, 2.75) is 257 Å². The minimum absolute atomic E-state index is 0.171. The summed E-state index contributed by atoms with van der Waals surface area (Å²) >= 11 is 0. The number of unbranched alkanes of at least 4 members (excludes halogenated alkanes) is 19. The number of hydrogen-bond acceptors (Lipinski definition) is 7. The molecule has 0 saturated carbocycles. The molecule has 2 unspecified atom stereocenters. The van der Waals surface area contributed by atoms with Gasteiger partial charge in [0.2, 0.25) is 0 Å². The van der Waals surface area contributed by atoms with Gasteiger partial charge in [0.1, 0.15) is 13.2 Å². The van der Waals surface area contributed by atoms with Crippen molar-refractivity contribution in [2.75, 3.05) is 47.5 Å². The highest BCUT2D eigenvalue weighted by Gasteiger charge is 2.25. The molecule has 0 aliphatic heterocycles. The van der Waals surface area contributed by atoms with Gasteiger partial charge >= 0.3 is 17.9 Å². The summed E-state index contributed by atoms with van der Waals surface area (Å²) in [6, 6.07) is 0. The van der Waals surface area contributed by atoms with Gasteiger partial charge in [-0.2, -0.15) is 0 Å². The maximum absolute atomic E-state index is 12.9. The standard InChI is InChI=1S/C76H123NO8/c1-6-8-10-12-14-16-18-20-22-24-26-28-30-32-34-35-36-37-38-39-41-42-44-46-48-50-52-54-56-58-60-62-64-66-73(78)83-70-72(71-84-76(75(80)81)82-69-68-77(3,4)5)85-74(79)67-65-63-61-59-57-55-53-51-49-47-45-43-40-33-31-29-27-25-23-21-19-17-15-13-11-9-7-2/h8-11,14-17,20-23,26-29,32-34,40,45,47,51,53,57,59,72,76H,6-7,12-13,18-19,24-25,30-31,35-39,41-44,46,48-50,52,54-56,58,60-71H2,1-5H3/p+1/b10-8-,11-9-,16-14-,17-15-,22-20-,23-21-,28-26-,29-27-,34-32-,40-33-,47-45-,53-51-,59-57-. The second-order valence-electron chi connectivity index (χ2n) is 23.0. The minimum atomic E-state index is -1.53. The quantitative estimate of drug-likeness (QED) is 0.0211. The van der Waals surface area contributed by atoms with Gasteiger partial charge in [0.05, 0.1) is 34.4 Å². The fourth-order valence-corrected chi connectivity index (χ4v) is 8.70. The lowest BCUT2D eigenvalue weighted by Crippen LogP contribution is -2.40. The number of likely N-dealkylation sites (N-methyl/N-ethyl adjacent to an activating group) is 1. The monoisotopic (exact) mass is 1180 g/mol. The number of rotatable bonds is 60. The van der Waals surface area contributed by atoms with Gasteiger partial charge in [-0.15, -0.1) is 0 Å². The van der Waals surface area contributed by atoms with Crippen molar-refractivity contribution >= 4 is 17.9 Å². The number of nitrogens with zero attached hydrogens (tertiary/aromatic N) is 1. The van der Waals surface area contributed by atoms with Crippen LogP contribution in [0.5, 0.6) is 0 Å². The van der Waals surface area contributed by atoms with Crippen molar-refractivity contribution in [1.29, 1.82) is 0 Å². The summed E-state index contributed by atoms with van der Waals surface area (Å²) < 4.78 is 22.9. The molecule has 0 heterocycles. The molecule has 85 heavy (non-hydrogen) atoms. The normalized spacial score (nSPS) is 13.8. The molecule has 0 aromatic carbocycles. The maximum atomic E-state index is 12.9. The van der Waals surface area contributed by atoms with Crippen LogP contribution in [0.1, 0.15) is 245 Å². The number of hydrogen-bond donors (Lipinski definition) is 1. The van der Waals surface area contributed by atoms with Gasteiger partial charge in [-0.05, 0) is 122 Å². The summed E-state index contributed by atoms with van der Waals surface area (Å²) in [6.07, 6.45) is 93.5. The Labute approximate surface area is 521 Å². The lowest BCUT2D eigenvalue weighted by Gasteiger charge is -2.25. The smallest absolute Gasteiger partial charge is 0.361 e. The zero-order valence-corrected chi connectivity index (χ0v) is 54.7. The van der Waals surface area contributed by atoms with Crippen LogP contribution < -0.4 is 0 Å². The van der Waals surface area contributed by atoms with E-state index in [1.54, 1.807) is 0 Å². The molecule has 0 aliphatic rings. The van der Waals surface area contributed by atoms with E-state index in [0.29, 0.717) is 17.4 Å². The molecule has 0 aliphatic carbocycles. The number of carbonyl (C=O) groups excluding carboxylic acids is 2. The average Bonchev–Trinajstić information content (AvgIpc) is 3.48. The average molecular weight is 1180 g/mol. The van der Waals surface area contributed by atoms with E-state index in [2.05, 4.69) is 172 Å². The zero-order valence-electron chi connectivity index (χ0n) is 54.7. The Balaban J connectivity index is 4.23. The lowest BCUT2D eigenvalue weighted by atomic mass is 10.0. The molecule has 480 valence electrons. The molecule has 0 fully saturated rings. The van der Waals surface area contributed by atoms with Crippen LogP contribution in [0.2, 0.25) is 0 Å². The molecule has 1 N–H and O–H groups in total. The molecule has 0 radical (unpaired) electrons. The molecule has 0 amide bonds. The van der Waals surface area contributed by atoms with Crippen molar-refractivity contribution in [3.63, 3.8) is 0 Å². The van der Waals surface area contributed by atoms with Crippen LogP contribution in [0, 0.1) is 0 Å². The first-order valence-corrected chi connectivity index (χ1v) is 33.6. The van der Waals surface area contributed by atoms with Gasteiger partial charge in [-0.3, -0.25) is 9.59 Å². The Kier molecular flexibility index (Phi) is 61.0. The van der Waals surface area contributed by atoms with E-state index >= 15 is 0 Å². The van der Waals surface area contributed by atoms with Gasteiger partial charge in [0, 0.05) is 12.8 Å². The van der Waals surface area contributed by atoms with E-state index in [1.165, 1.54) is 96.3 Å². The Hall–Kier alpha value is -5.09. The summed E-state index contributed by atoms with van der Waals surface area (Å²) in [5.41, 5.74) is 0. The highest BCUT2D eigenvalue weighted by Crippen LogP contribution is 2.16. The van der Waals surface area contributed by atoms with E-state index in [-0.39, 0.29) is 38.6 Å². The third-order valence-electron chi connectivity index (χ3n) is 13.8. The second kappa shape index (κ2) is 64.9. The molecular weight excluding hydrogens is 1050 g/mol. The van der Waals surface area contributed by atoms with Crippen molar-refractivity contribution in [2.24, 2.45) is 0 Å². The Morgan fingerprint density at radius 2 is 0.635 bits per heavy atom. The fourth-order valence-electron chi connectivity index (χ4n) is 8.70. The summed E-state index contributed by atoms with van der Waals surface area (Å²) in [4.78, 5) is 37.6. The number of carboxylic acids is 1. The number of carboxylic acid groups (broad SMARTS) is 1. The highest BCUT2D eigenvalue weighted by atomic mass is 16.7. The van der Waals surface area contributed by atoms with Gasteiger partial charge < -0.3 is 28.5 Å². The zero-order chi connectivity index (χ0) is 61.9. The molecule has 0 aromatic heterocycles. The van der Waals surface area contributed by atoms with Gasteiger partial charge in [-0.1, -0.05) is 268 Å². The molecule has 9 nitrogen and oxygen atoms in total. The largest absolute Gasteiger partial charge is 0.477 e. The molecular formula is C76H124NO8+. The predicted octanol–water partition coefficient (Wildman–Crippen LogP) is 20.9. The number of quaternary nitrogens is 1. The molecule has 9 heteroatoms. The van der Waals surface area contributed by atoms with Crippen LogP contribution in [0.4, 0.5) is 0 Å². The third-order valence-corrected chi connectivity index (χ3v) is 13.8. The Morgan fingerprint density at radius 1 is 0.353 bits per heavy atom. The number of ether oxygens (including phenoxy) is 4. The topological polar surface area (TPSA) is 108 Å². The molecule has 0 bridgehead atoms. The fraction of sp³-hybridized carbons (Fsp3) is 0.618. The van der Waals surface area contributed by atoms with E-state index < -0.39 is 24.3 Å².